The van der Waals surface area contributed by atoms with E-state index in [1.54, 1.807) is 17.2 Å². The molecule has 1 aromatic heterocycles. The van der Waals surface area contributed by atoms with Crippen molar-refractivity contribution in [2.75, 3.05) is 13.1 Å². The second kappa shape index (κ2) is 13.6. The van der Waals surface area contributed by atoms with E-state index >= 15 is 0 Å². The van der Waals surface area contributed by atoms with Crippen LogP contribution in [0.25, 0.3) is 0 Å². The number of likely N-dealkylation sites (tertiary alicyclic amines) is 1. The minimum Gasteiger partial charge on any atom is -0.342 e. The summed E-state index contributed by atoms with van der Waals surface area (Å²) in [7, 11) is 0. The summed E-state index contributed by atoms with van der Waals surface area (Å²) in [5.41, 5.74) is 0.0245. The molecule has 1 N–H and O–H groups in total. The lowest BCUT2D eigenvalue weighted by molar-refractivity contribution is -0.166. The van der Waals surface area contributed by atoms with E-state index in [0.717, 1.165) is 54.9 Å². The smallest absolute Gasteiger partial charge is 0.342 e. The second-order valence-electron chi connectivity index (χ2n) is 12.4. The maximum atomic E-state index is 14.2. The summed E-state index contributed by atoms with van der Waals surface area (Å²) in [4.78, 5) is 33.6. The molecule has 2 heterocycles. The molecule has 2 amide bonds. The van der Waals surface area contributed by atoms with Crippen molar-refractivity contribution in [1.82, 2.24) is 15.2 Å². The second-order valence-corrected chi connectivity index (χ2v) is 12.4. The van der Waals surface area contributed by atoms with Gasteiger partial charge in [-0.05, 0) is 92.0 Å². The van der Waals surface area contributed by atoms with Crippen molar-refractivity contribution in [3.8, 4) is 6.07 Å². The van der Waals surface area contributed by atoms with E-state index in [2.05, 4.69) is 23.3 Å². The van der Waals surface area contributed by atoms with E-state index in [1.165, 1.54) is 12.1 Å². The first-order valence-corrected chi connectivity index (χ1v) is 15.5. The topological polar surface area (TPSA) is 86.1 Å². The van der Waals surface area contributed by atoms with E-state index in [1.807, 2.05) is 6.07 Å². The molecule has 242 valence electrons. The highest BCUT2D eigenvalue weighted by atomic mass is 19.4. The molecule has 2 aliphatic rings. The first-order chi connectivity index (χ1) is 21.9. The molecule has 2 atom stereocenters. The summed E-state index contributed by atoms with van der Waals surface area (Å²) in [6, 6.07) is 12.2. The number of hydrogen-bond donors (Lipinski definition) is 1. The Morgan fingerprint density at radius 3 is 2.04 bits per heavy atom. The maximum absolute atomic E-state index is 14.2. The molecule has 2 unspecified atom stereocenters. The number of amides is 2. The Hall–Kier alpha value is -4.33. The van der Waals surface area contributed by atoms with Gasteiger partial charge in [0.25, 0.3) is 0 Å². The summed E-state index contributed by atoms with van der Waals surface area (Å²) in [5, 5.41) is 11.2. The average Bonchev–Trinajstić information content (AvgIpc) is 3.07. The van der Waals surface area contributed by atoms with Gasteiger partial charge in [0, 0.05) is 36.8 Å². The number of alkyl halides is 3. The molecule has 1 saturated carbocycles. The molecule has 46 heavy (non-hydrogen) atoms. The number of nitrogens with one attached hydrogen (secondary N) is 1. The SMILES string of the molecule is CC(c1ccc(C#N)cn1)C1CCC(C(=O)N2CCC(C(=O)NC(c3ccc(F)cc3)C(F)(F)F)(c3ccc(F)cc3)CC2)CC1. The lowest BCUT2D eigenvalue weighted by atomic mass is 9.71. The highest BCUT2D eigenvalue weighted by molar-refractivity contribution is 5.89. The molecule has 3 aromatic rings. The van der Waals surface area contributed by atoms with Gasteiger partial charge < -0.3 is 10.2 Å². The minimum absolute atomic E-state index is 0.0322. The fourth-order valence-electron chi connectivity index (χ4n) is 6.91. The highest BCUT2D eigenvalue weighted by Gasteiger charge is 2.49. The number of carbonyl (C=O) groups excluding carboxylic acids is 2. The first-order valence-electron chi connectivity index (χ1n) is 15.5. The van der Waals surface area contributed by atoms with Gasteiger partial charge in [0.15, 0.2) is 6.04 Å². The third-order valence-electron chi connectivity index (χ3n) is 9.78. The van der Waals surface area contributed by atoms with Gasteiger partial charge >= 0.3 is 6.18 Å². The number of rotatable bonds is 7. The lowest BCUT2D eigenvalue weighted by Crippen LogP contribution is -2.55. The zero-order valence-corrected chi connectivity index (χ0v) is 25.4. The van der Waals surface area contributed by atoms with Crippen LogP contribution >= 0.6 is 0 Å². The van der Waals surface area contributed by atoms with Crippen LogP contribution in [0.1, 0.15) is 79.8 Å². The molecule has 0 spiro atoms. The van der Waals surface area contributed by atoms with E-state index < -0.39 is 35.2 Å². The van der Waals surface area contributed by atoms with Crippen LogP contribution in [0.2, 0.25) is 0 Å². The summed E-state index contributed by atoms with van der Waals surface area (Å²) in [5.74, 6) is -1.86. The first kappa shape index (κ1) is 33.0. The maximum Gasteiger partial charge on any atom is 0.412 e. The fraction of sp³-hybridized carbons (Fsp3) is 0.429. The molecule has 1 aliphatic carbocycles. The van der Waals surface area contributed by atoms with Gasteiger partial charge in [-0.25, -0.2) is 8.78 Å². The number of carbonyl (C=O) groups is 2. The van der Waals surface area contributed by atoms with Crippen LogP contribution in [-0.2, 0) is 15.0 Å². The Labute approximate surface area is 264 Å². The standard InChI is InChI=1S/C35H35F5N4O2/c1-22(30-15-2-23(20-41)21-42-30)24-3-5-26(6-4-24)32(45)44-18-16-34(17-19-44,27-9-13-29(37)14-10-27)33(46)43-31(35(38,39)40)25-7-11-28(36)12-8-25/h2,7-15,21-22,24,26,31H,3-6,16-19H2,1H3,(H,43,46). The van der Waals surface area contributed by atoms with Crippen molar-refractivity contribution in [3.63, 3.8) is 0 Å². The predicted molar refractivity (Wildman–Crippen MR) is 160 cm³/mol. The van der Waals surface area contributed by atoms with Gasteiger partial charge in [-0.1, -0.05) is 31.2 Å². The van der Waals surface area contributed by atoms with Gasteiger partial charge in [-0.15, -0.1) is 0 Å². The zero-order chi connectivity index (χ0) is 33.1. The Morgan fingerprint density at radius 1 is 0.935 bits per heavy atom. The minimum atomic E-state index is -4.86. The molecule has 0 bridgehead atoms. The third-order valence-corrected chi connectivity index (χ3v) is 9.78. The molecular weight excluding hydrogens is 603 g/mol. The van der Waals surface area contributed by atoms with Gasteiger partial charge in [0.05, 0.1) is 11.0 Å². The fourth-order valence-corrected chi connectivity index (χ4v) is 6.91. The monoisotopic (exact) mass is 638 g/mol. The van der Waals surface area contributed by atoms with Crippen LogP contribution < -0.4 is 5.32 Å². The molecule has 2 fully saturated rings. The van der Waals surface area contributed by atoms with Crippen LogP contribution in [0.15, 0.2) is 66.9 Å². The number of aromatic nitrogens is 1. The van der Waals surface area contributed by atoms with Crippen molar-refractivity contribution in [3.05, 3.63) is 101 Å². The zero-order valence-electron chi connectivity index (χ0n) is 25.4. The van der Waals surface area contributed by atoms with Crippen LogP contribution in [-0.4, -0.2) is 41.0 Å². The van der Waals surface area contributed by atoms with Crippen molar-refractivity contribution in [2.24, 2.45) is 11.8 Å². The Morgan fingerprint density at radius 2 is 1.52 bits per heavy atom. The Balaban J connectivity index is 1.27. The molecule has 1 saturated heterocycles. The summed E-state index contributed by atoms with van der Waals surface area (Å²) in [6.07, 6.45) is -0.142. The number of nitrogens with zero attached hydrogens (tertiary/aromatic N) is 3. The average molecular weight is 639 g/mol. The van der Waals surface area contributed by atoms with Gasteiger partial charge in [-0.3, -0.25) is 14.6 Å². The van der Waals surface area contributed by atoms with Crippen LogP contribution in [0.5, 0.6) is 0 Å². The molecular formula is C35H35F5N4O2. The number of hydrogen-bond acceptors (Lipinski definition) is 4. The summed E-state index contributed by atoms with van der Waals surface area (Å²) >= 11 is 0. The van der Waals surface area contributed by atoms with E-state index in [-0.39, 0.29) is 49.2 Å². The Kier molecular flexibility index (Phi) is 9.75. The number of benzene rings is 2. The predicted octanol–water partition coefficient (Wildman–Crippen LogP) is 7.12. The summed E-state index contributed by atoms with van der Waals surface area (Å²) < 4.78 is 69.8. The number of piperidine rings is 1. The molecule has 1 aliphatic heterocycles. The number of pyridine rings is 1. The van der Waals surface area contributed by atoms with Crippen LogP contribution in [0, 0.1) is 34.8 Å². The number of halogens is 5. The molecule has 0 radical (unpaired) electrons. The molecule has 5 rings (SSSR count). The van der Waals surface area contributed by atoms with Gasteiger partial charge in [0.2, 0.25) is 11.8 Å². The van der Waals surface area contributed by atoms with Crippen molar-refractivity contribution in [1.29, 1.82) is 5.26 Å². The largest absolute Gasteiger partial charge is 0.412 e. The molecule has 6 nitrogen and oxygen atoms in total. The van der Waals surface area contributed by atoms with Crippen molar-refractivity contribution < 1.29 is 31.5 Å². The summed E-state index contributed by atoms with van der Waals surface area (Å²) in [6.45, 7) is 2.41. The number of nitriles is 1. The van der Waals surface area contributed by atoms with Crippen LogP contribution in [0.3, 0.4) is 0 Å². The lowest BCUT2D eigenvalue weighted by Gasteiger charge is -2.43. The van der Waals surface area contributed by atoms with Crippen molar-refractivity contribution in [2.45, 2.75) is 69.0 Å². The van der Waals surface area contributed by atoms with Gasteiger partial charge in [0.1, 0.15) is 17.7 Å². The third kappa shape index (κ3) is 7.06. The molecule has 11 heteroatoms. The Bertz CT molecular complexity index is 1550. The molecule has 2 aromatic carbocycles. The highest BCUT2D eigenvalue weighted by Crippen LogP contribution is 2.42. The van der Waals surface area contributed by atoms with E-state index in [4.69, 9.17) is 5.26 Å². The van der Waals surface area contributed by atoms with Crippen LogP contribution in [0.4, 0.5) is 22.0 Å². The van der Waals surface area contributed by atoms with E-state index in [9.17, 15) is 31.5 Å². The van der Waals surface area contributed by atoms with Crippen molar-refractivity contribution >= 4 is 11.8 Å². The van der Waals surface area contributed by atoms with E-state index in [0.29, 0.717) is 29.9 Å². The quantitative estimate of drug-likeness (QED) is 0.279. The van der Waals surface area contributed by atoms with Gasteiger partial charge in [-0.2, -0.15) is 18.4 Å². The normalized spacial score (nSPS) is 21.1.